The SMILES string of the molecule is CC[C@@H](C)C(=O)Nc1nnc(SCC(=O)Nc2ccc(C)c(Cl)c2)s1. The van der Waals surface area contributed by atoms with Crippen molar-refractivity contribution in [3.63, 3.8) is 0 Å². The summed E-state index contributed by atoms with van der Waals surface area (Å²) in [5, 5.41) is 14.5. The number of halogens is 1. The van der Waals surface area contributed by atoms with Gasteiger partial charge in [-0.15, -0.1) is 10.2 Å². The minimum atomic E-state index is -0.162. The summed E-state index contributed by atoms with van der Waals surface area (Å²) in [5.41, 5.74) is 1.61. The Bertz CT molecular complexity index is 766. The number of amides is 2. The van der Waals surface area contributed by atoms with Gasteiger partial charge in [-0.1, -0.05) is 54.6 Å². The van der Waals surface area contributed by atoms with E-state index in [2.05, 4.69) is 20.8 Å². The normalized spacial score (nSPS) is 11.8. The van der Waals surface area contributed by atoms with Gasteiger partial charge in [-0.25, -0.2) is 0 Å². The van der Waals surface area contributed by atoms with Gasteiger partial charge in [0.2, 0.25) is 16.9 Å². The van der Waals surface area contributed by atoms with E-state index in [9.17, 15) is 9.59 Å². The summed E-state index contributed by atoms with van der Waals surface area (Å²) in [4.78, 5) is 23.8. The molecule has 1 aromatic heterocycles. The maximum Gasteiger partial charge on any atom is 0.234 e. The first-order valence-electron chi connectivity index (χ1n) is 7.72. The number of carbonyl (C=O) groups is 2. The zero-order chi connectivity index (χ0) is 18.4. The van der Waals surface area contributed by atoms with Gasteiger partial charge in [-0.3, -0.25) is 9.59 Å². The Balaban J connectivity index is 1.83. The van der Waals surface area contributed by atoms with Crippen LogP contribution in [0.15, 0.2) is 22.5 Å². The van der Waals surface area contributed by atoms with E-state index in [0.29, 0.717) is 20.2 Å². The molecule has 0 radical (unpaired) electrons. The lowest BCUT2D eigenvalue weighted by Crippen LogP contribution is -2.19. The predicted molar refractivity (Wildman–Crippen MR) is 104 cm³/mol. The second kappa shape index (κ2) is 9.17. The fourth-order valence-electron chi connectivity index (χ4n) is 1.73. The molecule has 1 atom stereocenters. The molecule has 134 valence electrons. The van der Waals surface area contributed by atoms with Crippen molar-refractivity contribution in [1.82, 2.24) is 10.2 Å². The Morgan fingerprint density at radius 3 is 2.76 bits per heavy atom. The molecule has 0 aliphatic heterocycles. The standard InChI is InChI=1S/C16H19ClN4O2S2/c1-4-9(2)14(23)19-15-20-21-16(25-15)24-8-13(22)18-11-6-5-10(3)12(17)7-11/h5-7,9H,4,8H2,1-3H3,(H,18,22)(H,19,20,23)/t9-/m1/s1. The third kappa shape index (κ3) is 5.98. The molecule has 9 heteroatoms. The lowest BCUT2D eigenvalue weighted by Gasteiger charge is -2.06. The second-order valence-corrected chi connectivity index (χ2v) is 8.08. The molecule has 2 aromatic rings. The molecule has 1 heterocycles. The van der Waals surface area contributed by atoms with Crippen LogP contribution in [0.4, 0.5) is 10.8 Å². The number of benzene rings is 1. The van der Waals surface area contributed by atoms with Crippen molar-refractivity contribution < 1.29 is 9.59 Å². The monoisotopic (exact) mass is 398 g/mol. The zero-order valence-electron chi connectivity index (χ0n) is 14.1. The number of hydrogen-bond donors (Lipinski definition) is 2. The van der Waals surface area contributed by atoms with Gasteiger partial charge in [0.05, 0.1) is 5.75 Å². The van der Waals surface area contributed by atoms with Crippen molar-refractivity contribution in [2.75, 3.05) is 16.4 Å². The van der Waals surface area contributed by atoms with Crippen molar-refractivity contribution in [1.29, 1.82) is 0 Å². The van der Waals surface area contributed by atoms with Gasteiger partial charge in [-0.05, 0) is 31.0 Å². The fourth-order valence-corrected chi connectivity index (χ4v) is 3.46. The van der Waals surface area contributed by atoms with Crippen molar-refractivity contribution in [3.05, 3.63) is 28.8 Å². The smallest absolute Gasteiger partial charge is 0.234 e. The van der Waals surface area contributed by atoms with Gasteiger partial charge in [0.1, 0.15) is 0 Å². The van der Waals surface area contributed by atoms with Crippen LogP contribution >= 0.6 is 34.7 Å². The van der Waals surface area contributed by atoms with E-state index < -0.39 is 0 Å². The highest BCUT2D eigenvalue weighted by atomic mass is 35.5. The van der Waals surface area contributed by atoms with Crippen LogP contribution in [-0.2, 0) is 9.59 Å². The fraction of sp³-hybridized carbons (Fsp3) is 0.375. The predicted octanol–water partition coefficient (Wildman–Crippen LogP) is 4.22. The molecule has 0 bridgehead atoms. The van der Waals surface area contributed by atoms with Crippen molar-refractivity contribution in [3.8, 4) is 0 Å². The lowest BCUT2D eigenvalue weighted by atomic mass is 10.1. The van der Waals surface area contributed by atoms with E-state index in [0.717, 1.165) is 12.0 Å². The van der Waals surface area contributed by atoms with Crippen LogP contribution in [-0.4, -0.2) is 27.8 Å². The molecule has 6 nitrogen and oxygen atoms in total. The molecule has 0 fully saturated rings. The Morgan fingerprint density at radius 2 is 2.08 bits per heavy atom. The molecule has 0 saturated carbocycles. The van der Waals surface area contributed by atoms with Gasteiger partial charge in [0.15, 0.2) is 4.34 Å². The van der Waals surface area contributed by atoms with Crippen LogP contribution in [0.2, 0.25) is 5.02 Å². The molecule has 0 spiro atoms. The summed E-state index contributed by atoms with van der Waals surface area (Å²) < 4.78 is 0.622. The van der Waals surface area contributed by atoms with E-state index in [4.69, 9.17) is 11.6 Å². The number of carbonyl (C=O) groups excluding carboxylic acids is 2. The number of thioether (sulfide) groups is 1. The molecule has 2 rings (SSSR count). The number of aryl methyl sites for hydroxylation is 1. The molecule has 2 amide bonds. The van der Waals surface area contributed by atoms with Crippen LogP contribution in [0.25, 0.3) is 0 Å². The number of nitrogens with one attached hydrogen (secondary N) is 2. The highest BCUT2D eigenvalue weighted by Gasteiger charge is 2.14. The number of anilines is 2. The molecule has 0 saturated heterocycles. The summed E-state index contributed by atoms with van der Waals surface area (Å²) in [6.45, 7) is 5.70. The molecule has 0 aliphatic rings. The Kier molecular flexibility index (Phi) is 7.22. The third-order valence-corrected chi connectivity index (χ3v) is 5.86. The topological polar surface area (TPSA) is 84.0 Å². The largest absolute Gasteiger partial charge is 0.325 e. The average molecular weight is 399 g/mol. The van der Waals surface area contributed by atoms with Crippen LogP contribution in [0.1, 0.15) is 25.8 Å². The van der Waals surface area contributed by atoms with Gasteiger partial charge in [0, 0.05) is 16.6 Å². The minimum Gasteiger partial charge on any atom is -0.325 e. The first-order valence-corrected chi connectivity index (χ1v) is 9.90. The second-order valence-electron chi connectivity index (χ2n) is 5.47. The molecule has 1 aromatic carbocycles. The molecule has 25 heavy (non-hydrogen) atoms. The van der Waals surface area contributed by atoms with E-state index in [1.165, 1.54) is 23.1 Å². The van der Waals surface area contributed by atoms with Gasteiger partial charge < -0.3 is 10.6 Å². The maximum atomic E-state index is 12.0. The van der Waals surface area contributed by atoms with Crippen molar-refractivity contribution in [2.24, 2.45) is 5.92 Å². The summed E-state index contributed by atoms with van der Waals surface area (Å²) in [5.74, 6) is -0.124. The van der Waals surface area contributed by atoms with Crippen LogP contribution < -0.4 is 10.6 Å². The number of nitrogens with zero attached hydrogens (tertiary/aromatic N) is 2. The van der Waals surface area contributed by atoms with Crippen molar-refractivity contribution >= 4 is 57.3 Å². The van der Waals surface area contributed by atoms with E-state index in [1.807, 2.05) is 26.8 Å². The van der Waals surface area contributed by atoms with Crippen molar-refractivity contribution in [2.45, 2.75) is 31.5 Å². The van der Waals surface area contributed by atoms with Crippen LogP contribution in [0.5, 0.6) is 0 Å². The molecular formula is C16H19ClN4O2S2. The highest BCUT2D eigenvalue weighted by molar-refractivity contribution is 8.01. The number of rotatable bonds is 7. The van der Waals surface area contributed by atoms with Gasteiger partial charge in [-0.2, -0.15) is 0 Å². The Hall–Kier alpha value is -1.64. The molecular weight excluding hydrogens is 380 g/mol. The quantitative estimate of drug-likeness (QED) is 0.539. The van der Waals surface area contributed by atoms with E-state index >= 15 is 0 Å². The summed E-state index contributed by atoms with van der Waals surface area (Å²) in [6, 6.07) is 5.37. The zero-order valence-corrected chi connectivity index (χ0v) is 16.5. The Labute approximate surface area is 159 Å². The van der Waals surface area contributed by atoms with Gasteiger partial charge >= 0.3 is 0 Å². The highest BCUT2D eigenvalue weighted by Crippen LogP contribution is 2.26. The number of hydrogen-bond acceptors (Lipinski definition) is 6. The average Bonchev–Trinajstić information content (AvgIpc) is 3.03. The first kappa shape index (κ1) is 19.7. The molecule has 0 aliphatic carbocycles. The van der Waals surface area contributed by atoms with E-state index in [-0.39, 0.29) is 23.5 Å². The molecule has 2 N–H and O–H groups in total. The van der Waals surface area contributed by atoms with E-state index in [1.54, 1.807) is 12.1 Å². The summed E-state index contributed by atoms with van der Waals surface area (Å²) in [6.07, 6.45) is 0.759. The van der Waals surface area contributed by atoms with Crippen LogP contribution in [0.3, 0.4) is 0 Å². The summed E-state index contributed by atoms with van der Waals surface area (Å²) >= 11 is 8.55. The third-order valence-electron chi connectivity index (χ3n) is 3.48. The van der Waals surface area contributed by atoms with Gasteiger partial charge in [0.25, 0.3) is 0 Å². The maximum absolute atomic E-state index is 12.0. The number of aromatic nitrogens is 2. The Morgan fingerprint density at radius 1 is 1.32 bits per heavy atom. The summed E-state index contributed by atoms with van der Waals surface area (Å²) in [7, 11) is 0. The van der Waals surface area contributed by atoms with Crippen LogP contribution in [0, 0.1) is 12.8 Å². The lowest BCUT2D eigenvalue weighted by molar-refractivity contribution is -0.119. The molecule has 0 unspecified atom stereocenters. The first-order chi connectivity index (χ1) is 11.9. The minimum absolute atomic E-state index is 0.0767.